The SMILES string of the molecule is CN=C(NCC(Cc1ccccc1)N(C)C)NC1CCN(C(=O)C2CCCCC2)C1. The van der Waals surface area contributed by atoms with Crippen LogP contribution in [-0.2, 0) is 11.2 Å². The molecule has 0 radical (unpaired) electrons. The molecule has 0 spiro atoms. The first-order valence-electron chi connectivity index (χ1n) is 11.5. The second-order valence-corrected chi connectivity index (χ2v) is 9.01. The number of hydrogen-bond donors (Lipinski definition) is 2. The Morgan fingerprint density at radius 1 is 1.17 bits per heavy atom. The van der Waals surface area contributed by atoms with Crippen LogP contribution in [0.4, 0.5) is 0 Å². The van der Waals surface area contributed by atoms with Crippen molar-refractivity contribution in [1.82, 2.24) is 20.4 Å². The summed E-state index contributed by atoms with van der Waals surface area (Å²) < 4.78 is 0. The predicted octanol–water partition coefficient (Wildman–Crippen LogP) is 2.51. The molecule has 6 heteroatoms. The second-order valence-electron chi connectivity index (χ2n) is 9.01. The van der Waals surface area contributed by atoms with Crippen LogP contribution in [0.1, 0.15) is 44.1 Å². The van der Waals surface area contributed by atoms with Gasteiger partial charge in [-0.15, -0.1) is 0 Å². The minimum Gasteiger partial charge on any atom is -0.355 e. The molecule has 1 aromatic carbocycles. The Balaban J connectivity index is 1.46. The molecule has 3 rings (SSSR count). The molecule has 1 saturated heterocycles. The smallest absolute Gasteiger partial charge is 0.225 e. The quantitative estimate of drug-likeness (QED) is 0.533. The molecule has 2 atom stereocenters. The third-order valence-electron chi connectivity index (χ3n) is 6.57. The summed E-state index contributed by atoms with van der Waals surface area (Å²) in [7, 11) is 6.06. The summed E-state index contributed by atoms with van der Waals surface area (Å²) >= 11 is 0. The first kappa shape index (κ1) is 22.6. The van der Waals surface area contributed by atoms with E-state index < -0.39 is 0 Å². The molecular weight excluding hydrogens is 374 g/mol. The lowest BCUT2D eigenvalue weighted by molar-refractivity contribution is -0.135. The predicted molar refractivity (Wildman–Crippen MR) is 124 cm³/mol. The van der Waals surface area contributed by atoms with E-state index in [0.717, 1.165) is 51.3 Å². The van der Waals surface area contributed by atoms with Gasteiger partial charge < -0.3 is 20.4 Å². The Hall–Kier alpha value is -2.08. The van der Waals surface area contributed by atoms with Crippen LogP contribution in [0.2, 0.25) is 0 Å². The van der Waals surface area contributed by atoms with Gasteiger partial charge in [0.05, 0.1) is 0 Å². The van der Waals surface area contributed by atoms with Crippen LogP contribution in [0, 0.1) is 5.92 Å². The lowest BCUT2D eigenvalue weighted by Crippen LogP contribution is -2.49. The van der Waals surface area contributed by atoms with Gasteiger partial charge in [0.2, 0.25) is 5.91 Å². The molecular formula is C24H39N5O. The molecule has 2 unspecified atom stereocenters. The van der Waals surface area contributed by atoms with Gasteiger partial charge in [0.15, 0.2) is 5.96 Å². The molecule has 1 aliphatic carbocycles. The van der Waals surface area contributed by atoms with Gasteiger partial charge in [0, 0.05) is 44.7 Å². The van der Waals surface area contributed by atoms with Crippen LogP contribution in [0.5, 0.6) is 0 Å². The van der Waals surface area contributed by atoms with Gasteiger partial charge in [-0.1, -0.05) is 49.6 Å². The molecule has 0 aromatic heterocycles. The highest BCUT2D eigenvalue weighted by Gasteiger charge is 2.31. The molecule has 6 nitrogen and oxygen atoms in total. The zero-order chi connectivity index (χ0) is 21.3. The van der Waals surface area contributed by atoms with Crippen molar-refractivity contribution in [3.8, 4) is 0 Å². The molecule has 1 aliphatic heterocycles. The lowest BCUT2D eigenvalue weighted by atomic mass is 9.88. The third kappa shape index (κ3) is 6.46. The average molecular weight is 414 g/mol. The zero-order valence-electron chi connectivity index (χ0n) is 18.9. The maximum Gasteiger partial charge on any atom is 0.225 e. The monoisotopic (exact) mass is 413 g/mol. The Morgan fingerprint density at radius 3 is 2.57 bits per heavy atom. The third-order valence-corrected chi connectivity index (χ3v) is 6.57. The Bertz CT molecular complexity index is 684. The highest BCUT2D eigenvalue weighted by atomic mass is 16.2. The van der Waals surface area contributed by atoms with Crippen LogP contribution in [0.3, 0.4) is 0 Å². The van der Waals surface area contributed by atoms with Crippen LogP contribution in [-0.4, -0.2) is 74.5 Å². The van der Waals surface area contributed by atoms with E-state index >= 15 is 0 Å². The van der Waals surface area contributed by atoms with E-state index in [1.54, 1.807) is 0 Å². The van der Waals surface area contributed by atoms with Crippen molar-refractivity contribution in [2.45, 2.75) is 57.0 Å². The number of nitrogens with one attached hydrogen (secondary N) is 2. The largest absolute Gasteiger partial charge is 0.355 e. The maximum absolute atomic E-state index is 12.8. The molecule has 30 heavy (non-hydrogen) atoms. The number of likely N-dealkylation sites (N-methyl/N-ethyl adjacent to an activating group) is 1. The fraction of sp³-hybridized carbons (Fsp3) is 0.667. The number of carbonyl (C=O) groups excluding carboxylic acids is 1. The summed E-state index contributed by atoms with van der Waals surface area (Å²) in [6.07, 6.45) is 7.82. The van der Waals surface area contributed by atoms with E-state index in [-0.39, 0.29) is 12.0 Å². The number of benzene rings is 1. The van der Waals surface area contributed by atoms with Gasteiger partial charge >= 0.3 is 0 Å². The maximum atomic E-state index is 12.8. The second kappa shape index (κ2) is 11.3. The first-order valence-corrected chi connectivity index (χ1v) is 11.5. The van der Waals surface area contributed by atoms with Crippen molar-refractivity contribution < 1.29 is 4.79 Å². The van der Waals surface area contributed by atoms with Gasteiger partial charge in [-0.25, -0.2) is 0 Å². The van der Waals surface area contributed by atoms with Crippen LogP contribution >= 0.6 is 0 Å². The number of amides is 1. The number of carbonyl (C=O) groups is 1. The molecule has 1 heterocycles. The highest BCUT2D eigenvalue weighted by molar-refractivity contribution is 5.81. The van der Waals surface area contributed by atoms with E-state index in [9.17, 15) is 4.79 Å². The van der Waals surface area contributed by atoms with Gasteiger partial charge in [-0.2, -0.15) is 0 Å². The summed E-state index contributed by atoms with van der Waals surface area (Å²) in [5.74, 6) is 1.46. The van der Waals surface area contributed by atoms with Gasteiger partial charge in [0.1, 0.15) is 0 Å². The lowest BCUT2D eigenvalue weighted by Gasteiger charge is -2.27. The number of aliphatic imine (C=N–C) groups is 1. The van der Waals surface area contributed by atoms with Crippen molar-refractivity contribution in [2.24, 2.45) is 10.9 Å². The Labute approximate surface area is 182 Å². The molecule has 0 bridgehead atoms. The summed E-state index contributed by atoms with van der Waals surface area (Å²) in [5.41, 5.74) is 1.34. The van der Waals surface area contributed by atoms with E-state index in [1.807, 2.05) is 7.05 Å². The number of nitrogens with zero attached hydrogens (tertiary/aromatic N) is 3. The van der Waals surface area contributed by atoms with Gasteiger partial charge in [0.25, 0.3) is 0 Å². The topological polar surface area (TPSA) is 60.0 Å². The van der Waals surface area contributed by atoms with Crippen molar-refractivity contribution >= 4 is 11.9 Å². The van der Waals surface area contributed by atoms with Crippen molar-refractivity contribution in [3.05, 3.63) is 35.9 Å². The fourth-order valence-electron chi connectivity index (χ4n) is 4.61. The molecule has 1 amide bonds. The molecule has 1 aromatic rings. The van der Waals surface area contributed by atoms with Gasteiger partial charge in [-0.05, 0) is 45.3 Å². The number of hydrogen-bond acceptors (Lipinski definition) is 3. The zero-order valence-corrected chi connectivity index (χ0v) is 18.9. The van der Waals surface area contributed by atoms with E-state index in [1.165, 1.54) is 24.8 Å². The molecule has 2 fully saturated rings. The van der Waals surface area contributed by atoms with Crippen LogP contribution in [0.15, 0.2) is 35.3 Å². The van der Waals surface area contributed by atoms with Crippen LogP contribution < -0.4 is 10.6 Å². The van der Waals surface area contributed by atoms with E-state index in [0.29, 0.717) is 11.9 Å². The Morgan fingerprint density at radius 2 is 1.90 bits per heavy atom. The standard InChI is InChI=1S/C24H39N5O/c1-25-24(26-17-22(28(2)3)16-19-10-6-4-7-11-19)27-21-14-15-29(18-21)23(30)20-12-8-5-9-13-20/h4,6-7,10-11,20-22H,5,8-9,12-18H2,1-3H3,(H2,25,26,27). The molecule has 166 valence electrons. The summed E-state index contributed by atoms with van der Waals surface area (Å²) in [4.78, 5) is 21.6. The number of rotatable bonds is 7. The average Bonchev–Trinajstić information content (AvgIpc) is 3.24. The minimum atomic E-state index is 0.258. The Kier molecular flexibility index (Phi) is 8.55. The molecule has 1 saturated carbocycles. The fourth-order valence-corrected chi connectivity index (χ4v) is 4.61. The van der Waals surface area contributed by atoms with Crippen molar-refractivity contribution in [3.63, 3.8) is 0 Å². The van der Waals surface area contributed by atoms with E-state index in [2.05, 4.69) is 69.9 Å². The van der Waals surface area contributed by atoms with E-state index in [4.69, 9.17) is 0 Å². The van der Waals surface area contributed by atoms with Crippen molar-refractivity contribution in [2.75, 3.05) is 40.8 Å². The van der Waals surface area contributed by atoms with Gasteiger partial charge in [-0.3, -0.25) is 9.79 Å². The van der Waals surface area contributed by atoms with Crippen molar-refractivity contribution in [1.29, 1.82) is 0 Å². The number of guanidine groups is 1. The summed E-state index contributed by atoms with van der Waals surface area (Å²) in [5, 5.41) is 7.04. The summed E-state index contributed by atoms with van der Waals surface area (Å²) in [6.45, 7) is 2.47. The highest BCUT2D eigenvalue weighted by Crippen LogP contribution is 2.26. The molecule has 2 N–H and O–H groups in total. The number of likely N-dealkylation sites (tertiary alicyclic amines) is 1. The normalized spacial score (nSPS) is 21.7. The minimum absolute atomic E-state index is 0.258. The van der Waals surface area contributed by atoms with Crippen LogP contribution in [0.25, 0.3) is 0 Å². The molecule has 2 aliphatic rings. The first-order chi connectivity index (χ1) is 14.6. The summed E-state index contributed by atoms with van der Waals surface area (Å²) in [6, 6.07) is 11.3.